The first-order valence-corrected chi connectivity index (χ1v) is 7.27. The Morgan fingerprint density at radius 1 is 1.12 bits per heavy atom. The van der Waals surface area contributed by atoms with Gasteiger partial charge < -0.3 is 5.32 Å². The molecule has 2 heterocycles. The topological polar surface area (TPSA) is 12.0 Å². The van der Waals surface area contributed by atoms with Gasteiger partial charge in [-0.05, 0) is 31.2 Å². The maximum absolute atomic E-state index is 5.90. The van der Waals surface area contributed by atoms with Crippen molar-refractivity contribution in [3.05, 3.63) is 42.7 Å². The SMILES string of the molecule is CC(NCc1ccc(Cl)s1)c1ccc(Cl)s1. The maximum atomic E-state index is 5.90. The first-order chi connectivity index (χ1) is 7.65. The monoisotopic (exact) mass is 291 g/mol. The van der Waals surface area contributed by atoms with Crippen LogP contribution in [-0.2, 0) is 6.54 Å². The minimum Gasteiger partial charge on any atom is -0.305 e. The van der Waals surface area contributed by atoms with Crippen molar-refractivity contribution in [2.24, 2.45) is 0 Å². The van der Waals surface area contributed by atoms with Crippen molar-refractivity contribution in [2.45, 2.75) is 19.5 Å². The van der Waals surface area contributed by atoms with E-state index in [1.165, 1.54) is 9.75 Å². The molecule has 0 spiro atoms. The van der Waals surface area contributed by atoms with E-state index in [1.807, 2.05) is 18.2 Å². The molecule has 0 saturated heterocycles. The minimum absolute atomic E-state index is 0.318. The number of hydrogen-bond acceptors (Lipinski definition) is 3. The third-order valence-corrected chi connectivity index (χ3v) is 4.88. The Morgan fingerprint density at radius 2 is 1.81 bits per heavy atom. The Bertz CT molecular complexity index is 464. The Hall–Kier alpha value is -0.0600. The molecule has 1 nitrogen and oxygen atoms in total. The molecular formula is C11H11Cl2NS2. The van der Waals surface area contributed by atoms with E-state index in [4.69, 9.17) is 23.2 Å². The lowest BCUT2D eigenvalue weighted by Gasteiger charge is -2.10. The normalized spacial score (nSPS) is 12.9. The van der Waals surface area contributed by atoms with Crippen molar-refractivity contribution < 1.29 is 0 Å². The van der Waals surface area contributed by atoms with E-state index in [0.717, 1.165) is 15.2 Å². The predicted octanol–water partition coefficient (Wildman–Crippen LogP) is 4.97. The molecular weight excluding hydrogens is 281 g/mol. The number of rotatable bonds is 4. The molecule has 86 valence electrons. The third kappa shape index (κ3) is 3.22. The van der Waals surface area contributed by atoms with Gasteiger partial charge in [0.25, 0.3) is 0 Å². The largest absolute Gasteiger partial charge is 0.305 e. The molecule has 0 aliphatic carbocycles. The molecule has 0 saturated carbocycles. The first-order valence-electron chi connectivity index (χ1n) is 4.88. The number of hydrogen-bond donors (Lipinski definition) is 1. The van der Waals surface area contributed by atoms with E-state index in [1.54, 1.807) is 22.7 Å². The summed E-state index contributed by atoms with van der Waals surface area (Å²) in [5.41, 5.74) is 0. The van der Waals surface area contributed by atoms with Crippen LogP contribution in [0, 0.1) is 0 Å². The molecule has 2 aromatic rings. The van der Waals surface area contributed by atoms with Crippen LogP contribution in [0.25, 0.3) is 0 Å². The molecule has 16 heavy (non-hydrogen) atoms. The van der Waals surface area contributed by atoms with E-state index >= 15 is 0 Å². The van der Waals surface area contributed by atoms with Crippen LogP contribution < -0.4 is 5.32 Å². The fraction of sp³-hybridized carbons (Fsp3) is 0.273. The second-order valence-electron chi connectivity index (χ2n) is 3.45. The standard InChI is InChI=1S/C11H11Cl2NS2/c1-7(9-3-5-11(13)16-9)14-6-8-2-4-10(12)15-8/h2-5,7,14H,6H2,1H3. The van der Waals surface area contributed by atoms with E-state index in [-0.39, 0.29) is 0 Å². The Labute approximate surface area is 113 Å². The number of halogens is 2. The fourth-order valence-electron chi connectivity index (χ4n) is 1.36. The molecule has 0 aliphatic rings. The second-order valence-corrected chi connectivity index (χ2v) is 7.00. The molecule has 0 aromatic carbocycles. The summed E-state index contributed by atoms with van der Waals surface area (Å²) in [5, 5.41) is 3.45. The van der Waals surface area contributed by atoms with Crippen LogP contribution in [-0.4, -0.2) is 0 Å². The summed E-state index contributed by atoms with van der Waals surface area (Å²) in [6, 6.07) is 8.29. The molecule has 0 radical (unpaired) electrons. The van der Waals surface area contributed by atoms with E-state index in [2.05, 4.69) is 18.3 Å². The van der Waals surface area contributed by atoms with Gasteiger partial charge in [0.15, 0.2) is 0 Å². The molecule has 1 unspecified atom stereocenters. The number of nitrogens with one attached hydrogen (secondary N) is 1. The highest BCUT2D eigenvalue weighted by Gasteiger charge is 2.08. The van der Waals surface area contributed by atoms with E-state index < -0.39 is 0 Å². The van der Waals surface area contributed by atoms with Gasteiger partial charge in [-0.3, -0.25) is 0 Å². The molecule has 0 aliphatic heterocycles. The van der Waals surface area contributed by atoms with Crippen molar-refractivity contribution in [3.63, 3.8) is 0 Å². The van der Waals surface area contributed by atoms with E-state index in [0.29, 0.717) is 6.04 Å². The van der Waals surface area contributed by atoms with Crippen molar-refractivity contribution in [3.8, 4) is 0 Å². The van der Waals surface area contributed by atoms with Gasteiger partial charge >= 0.3 is 0 Å². The van der Waals surface area contributed by atoms with Crippen LogP contribution in [0.1, 0.15) is 22.7 Å². The summed E-state index contributed by atoms with van der Waals surface area (Å²) in [6.45, 7) is 2.98. The Morgan fingerprint density at radius 3 is 2.38 bits per heavy atom. The van der Waals surface area contributed by atoms with Crippen molar-refractivity contribution in [1.82, 2.24) is 5.32 Å². The summed E-state index contributed by atoms with van der Waals surface area (Å²) < 4.78 is 1.67. The molecule has 5 heteroatoms. The second kappa shape index (κ2) is 5.52. The van der Waals surface area contributed by atoms with Crippen LogP contribution >= 0.6 is 45.9 Å². The fourth-order valence-corrected chi connectivity index (χ4v) is 3.49. The Balaban J connectivity index is 1.91. The average Bonchev–Trinajstić information content (AvgIpc) is 2.84. The lowest BCUT2D eigenvalue weighted by atomic mass is 10.3. The van der Waals surface area contributed by atoms with Crippen LogP contribution in [0.2, 0.25) is 8.67 Å². The van der Waals surface area contributed by atoms with Crippen LogP contribution in [0.5, 0.6) is 0 Å². The van der Waals surface area contributed by atoms with Gasteiger partial charge in [0.05, 0.1) is 8.67 Å². The van der Waals surface area contributed by atoms with Crippen molar-refractivity contribution in [2.75, 3.05) is 0 Å². The molecule has 1 atom stereocenters. The van der Waals surface area contributed by atoms with Crippen molar-refractivity contribution >= 4 is 45.9 Å². The molecule has 0 amide bonds. The summed E-state index contributed by atoms with van der Waals surface area (Å²) >= 11 is 15.0. The summed E-state index contributed by atoms with van der Waals surface area (Å²) in [5.74, 6) is 0. The highest BCUT2D eigenvalue weighted by molar-refractivity contribution is 7.16. The predicted molar refractivity (Wildman–Crippen MR) is 73.9 cm³/mol. The zero-order valence-electron chi connectivity index (χ0n) is 8.67. The number of thiophene rings is 2. The lowest BCUT2D eigenvalue weighted by Crippen LogP contribution is -2.16. The first kappa shape index (κ1) is 12.4. The molecule has 0 bridgehead atoms. The smallest absolute Gasteiger partial charge is 0.0931 e. The van der Waals surface area contributed by atoms with Gasteiger partial charge in [-0.2, -0.15) is 0 Å². The van der Waals surface area contributed by atoms with Gasteiger partial charge in [-0.15, -0.1) is 22.7 Å². The highest BCUT2D eigenvalue weighted by Crippen LogP contribution is 2.27. The quantitative estimate of drug-likeness (QED) is 0.839. The third-order valence-electron chi connectivity index (χ3n) is 2.23. The van der Waals surface area contributed by atoms with Gasteiger partial charge in [0, 0.05) is 22.3 Å². The average molecular weight is 292 g/mol. The van der Waals surface area contributed by atoms with Crippen molar-refractivity contribution in [1.29, 1.82) is 0 Å². The van der Waals surface area contributed by atoms with Crippen LogP contribution in [0.15, 0.2) is 24.3 Å². The lowest BCUT2D eigenvalue weighted by molar-refractivity contribution is 0.587. The van der Waals surface area contributed by atoms with Gasteiger partial charge in [-0.1, -0.05) is 23.2 Å². The molecule has 0 fully saturated rings. The zero-order chi connectivity index (χ0) is 11.5. The minimum atomic E-state index is 0.318. The van der Waals surface area contributed by atoms with Crippen LogP contribution in [0.3, 0.4) is 0 Å². The molecule has 1 N–H and O–H groups in total. The molecule has 2 aromatic heterocycles. The summed E-state index contributed by atoms with van der Waals surface area (Å²) in [6.07, 6.45) is 0. The summed E-state index contributed by atoms with van der Waals surface area (Å²) in [7, 11) is 0. The van der Waals surface area contributed by atoms with Gasteiger partial charge in [0.1, 0.15) is 0 Å². The van der Waals surface area contributed by atoms with E-state index in [9.17, 15) is 0 Å². The van der Waals surface area contributed by atoms with Gasteiger partial charge in [0.2, 0.25) is 0 Å². The molecule has 2 rings (SSSR count). The maximum Gasteiger partial charge on any atom is 0.0931 e. The Kier molecular flexibility index (Phi) is 4.27. The highest BCUT2D eigenvalue weighted by atomic mass is 35.5. The van der Waals surface area contributed by atoms with Gasteiger partial charge in [-0.25, -0.2) is 0 Å². The zero-order valence-corrected chi connectivity index (χ0v) is 11.8. The van der Waals surface area contributed by atoms with Crippen LogP contribution in [0.4, 0.5) is 0 Å². The summed E-state index contributed by atoms with van der Waals surface area (Å²) in [4.78, 5) is 2.51.